The zero-order valence-electron chi connectivity index (χ0n) is 6.60. The minimum absolute atomic E-state index is 0.00521. The van der Waals surface area contributed by atoms with Crippen LogP contribution in [0.3, 0.4) is 0 Å². The summed E-state index contributed by atoms with van der Waals surface area (Å²) in [5.41, 5.74) is 1.32. The van der Waals surface area contributed by atoms with Crippen molar-refractivity contribution in [3.8, 4) is 0 Å². The van der Waals surface area contributed by atoms with Gasteiger partial charge in [-0.25, -0.2) is 0 Å². The number of hydrogen-bond acceptors (Lipinski definition) is 2. The van der Waals surface area contributed by atoms with Crippen LogP contribution >= 0.6 is 0 Å². The van der Waals surface area contributed by atoms with E-state index < -0.39 is 0 Å². The molecule has 0 radical (unpaired) electrons. The molecule has 3 aliphatic rings. The number of hydrogen-bond donors (Lipinski definition) is 0. The van der Waals surface area contributed by atoms with E-state index in [1.54, 1.807) is 6.26 Å². The van der Waals surface area contributed by atoms with Gasteiger partial charge in [0.05, 0.1) is 6.26 Å². The van der Waals surface area contributed by atoms with Crippen LogP contribution in [0.2, 0.25) is 0 Å². The highest BCUT2D eigenvalue weighted by molar-refractivity contribution is 5.51. The van der Waals surface area contributed by atoms with Gasteiger partial charge >= 0.3 is 0 Å². The minimum atomic E-state index is -0.00521. The third-order valence-electron chi connectivity index (χ3n) is 2.64. The largest absolute Gasteiger partial charge is 0.496 e. The van der Waals surface area contributed by atoms with Crippen LogP contribution in [-0.4, -0.2) is 17.0 Å². The van der Waals surface area contributed by atoms with Crippen LogP contribution in [0, 0.1) is 0 Å². The maximum absolute atomic E-state index is 5.33. The molecule has 0 aromatic heterocycles. The van der Waals surface area contributed by atoms with Gasteiger partial charge in [0.1, 0.15) is 12.1 Å². The van der Waals surface area contributed by atoms with E-state index in [1.165, 1.54) is 5.57 Å². The summed E-state index contributed by atoms with van der Waals surface area (Å²) in [6.45, 7) is 0.721. The van der Waals surface area contributed by atoms with E-state index in [0.29, 0.717) is 0 Å². The molecule has 0 amide bonds. The first-order chi connectivity index (χ1) is 5.92. The van der Waals surface area contributed by atoms with Gasteiger partial charge < -0.3 is 9.64 Å². The van der Waals surface area contributed by atoms with Crippen LogP contribution in [0.25, 0.3) is 0 Å². The maximum Gasteiger partial charge on any atom is 0.122 e. The average Bonchev–Trinajstić information content (AvgIpc) is 2.59. The van der Waals surface area contributed by atoms with Crippen LogP contribution in [-0.2, 0) is 4.74 Å². The molecule has 0 aromatic rings. The molecule has 1 atom stereocenters. The van der Waals surface area contributed by atoms with Crippen LogP contribution < -0.4 is 0 Å². The average molecular weight is 159 g/mol. The molecule has 0 aromatic carbocycles. The molecular formula is C10H9NO. The number of nitrogens with zero attached hydrogens (tertiary/aromatic N) is 1. The van der Waals surface area contributed by atoms with Gasteiger partial charge in [0.25, 0.3) is 0 Å². The van der Waals surface area contributed by atoms with E-state index in [9.17, 15) is 0 Å². The Balaban J connectivity index is 2.16. The highest BCUT2D eigenvalue weighted by Gasteiger charge is 2.42. The van der Waals surface area contributed by atoms with Crippen LogP contribution in [0.4, 0.5) is 0 Å². The monoisotopic (exact) mass is 159 g/mol. The van der Waals surface area contributed by atoms with Gasteiger partial charge in [-0.1, -0.05) is 18.2 Å². The van der Waals surface area contributed by atoms with Gasteiger partial charge in [-0.2, -0.15) is 0 Å². The summed E-state index contributed by atoms with van der Waals surface area (Å²) in [6.07, 6.45) is 14.4. The molecule has 12 heavy (non-hydrogen) atoms. The van der Waals surface area contributed by atoms with E-state index in [0.717, 1.165) is 6.61 Å². The molecule has 0 fully saturated rings. The van der Waals surface area contributed by atoms with Crippen molar-refractivity contribution in [2.75, 3.05) is 6.61 Å². The van der Waals surface area contributed by atoms with Crippen LogP contribution in [0.15, 0.2) is 48.5 Å². The molecule has 1 unspecified atom stereocenters. The van der Waals surface area contributed by atoms with Crippen LogP contribution in [0.1, 0.15) is 0 Å². The summed E-state index contributed by atoms with van der Waals surface area (Å²) in [7, 11) is 0. The van der Waals surface area contributed by atoms with E-state index in [4.69, 9.17) is 4.74 Å². The van der Waals surface area contributed by atoms with Gasteiger partial charge in [-0.15, -0.1) is 0 Å². The van der Waals surface area contributed by atoms with Crippen molar-refractivity contribution in [3.63, 3.8) is 0 Å². The molecule has 2 heteroatoms. The minimum Gasteiger partial charge on any atom is -0.496 e. The lowest BCUT2D eigenvalue weighted by molar-refractivity contribution is 0.124. The second kappa shape index (κ2) is 1.83. The second-order valence-corrected chi connectivity index (χ2v) is 3.22. The van der Waals surface area contributed by atoms with E-state index >= 15 is 0 Å². The summed E-state index contributed by atoms with van der Waals surface area (Å²) in [4.78, 5) is 2.19. The normalized spacial score (nSPS) is 34.7. The molecule has 0 bridgehead atoms. The molecule has 0 N–H and O–H groups in total. The van der Waals surface area contributed by atoms with E-state index in [1.807, 2.05) is 6.20 Å². The Hall–Kier alpha value is -1.44. The van der Waals surface area contributed by atoms with Crippen LogP contribution in [0.5, 0.6) is 0 Å². The third kappa shape index (κ3) is 0.524. The topological polar surface area (TPSA) is 12.5 Å². The van der Waals surface area contributed by atoms with Crippen molar-refractivity contribution < 1.29 is 4.74 Å². The Labute approximate surface area is 71.1 Å². The Morgan fingerprint density at radius 3 is 3.42 bits per heavy atom. The standard InChI is InChI=1S/C10H9NO/c1-2-9-3-5-11-6-7-12-8-10(9,11)4-1/h1-7H,8H2. The predicted octanol–water partition coefficient (Wildman–Crippen LogP) is 1.55. The first-order valence-corrected chi connectivity index (χ1v) is 4.07. The SMILES string of the molecule is C1=CC23COC=CN2C=CC3=C1. The lowest BCUT2D eigenvalue weighted by Crippen LogP contribution is -2.44. The van der Waals surface area contributed by atoms with Gasteiger partial charge in [0.15, 0.2) is 0 Å². The van der Waals surface area contributed by atoms with Crippen molar-refractivity contribution in [3.05, 3.63) is 48.5 Å². The molecule has 0 saturated heterocycles. The highest BCUT2D eigenvalue weighted by Crippen LogP contribution is 2.39. The second-order valence-electron chi connectivity index (χ2n) is 3.22. The maximum atomic E-state index is 5.33. The lowest BCUT2D eigenvalue weighted by Gasteiger charge is -2.36. The highest BCUT2D eigenvalue weighted by atomic mass is 16.5. The number of rotatable bonds is 0. The molecular weight excluding hydrogens is 150 g/mol. The fraction of sp³-hybridized carbons (Fsp3) is 0.200. The van der Waals surface area contributed by atoms with Crippen molar-refractivity contribution >= 4 is 0 Å². The smallest absolute Gasteiger partial charge is 0.122 e. The lowest BCUT2D eigenvalue weighted by atomic mass is 9.95. The van der Waals surface area contributed by atoms with Gasteiger partial charge in [0.2, 0.25) is 0 Å². The number of ether oxygens (including phenoxy) is 1. The Kier molecular flexibility index (Phi) is 0.933. The zero-order chi connectivity index (χ0) is 8.02. The molecule has 3 rings (SSSR count). The number of allylic oxidation sites excluding steroid dienone is 2. The van der Waals surface area contributed by atoms with E-state index in [-0.39, 0.29) is 5.54 Å². The summed E-state index contributed by atoms with van der Waals surface area (Å²) in [5.74, 6) is 0. The molecule has 2 heterocycles. The summed E-state index contributed by atoms with van der Waals surface area (Å²) in [5, 5.41) is 0. The predicted molar refractivity (Wildman–Crippen MR) is 46.0 cm³/mol. The Bertz CT molecular complexity index is 338. The zero-order valence-corrected chi connectivity index (χ0v) is 6.60. The van der Waals surface area contributed by atoms with E-state index in [2.05, 4.69) is 35.4 Å². The van der Waals surface area contributed by atoms with Gasteiger partial charge in [-0.05, 0) is 11.6 Å². The van der Waals surface area contributed by atoms with Gasteiger partial charge in [-0.3, -0.25) is 0 Å². The summed E-state index contributed by atoms with van der Waals surface area (Å²) < 4.78 is 5.33. The fourth-order valence-electron chi connectivity index (χ4n) is 1.95. The summed E-state index contributed by atoms with van der Waals surface area (Å²) >= 11 is 0. The Morgan fingerprint density at radius 1 is 1.42 bits per heavy atom. The molecule has 2 nitrogen and oxygen atoms in total. The molecule has 2 aliphatic heterocycles. The fourth-order valence-corrected chi connectivity index (χ4v) is 1.95. The van der Waals surface area contributed by atoms with Crippen molar-refractivity contribution in [2.45, 2.75) is 5.54 Å². The van der Waals surface area contributed by atoms with Gasteiger partial charge in [0, 0.05) is 12.4 Å². The molecule has 1 spiro atoms. The molecule has 60 valence electrons. The quantitative estimate of drug-likeness (QED) is 0.531. The third-order valence-corrected chi connectivity index (χ3v) is 2.64. The first-order valence-electron chi connectivity index (χ1n) is 4.07. The first kappa shape index (κ1) is 6.12. The van der Waals surface area contributed by atoms with Crippen molar-refractivity contribution in [1.82, 2.24) is 4.90 Å². The molecule has 1 aliphatic carbocycles. The Morgan fingerprint density at radius 2 is 2.42 bits per heavy atom. The van der Waals surface area contributed by atoms with Crippen molar-refractivity contribution in [1.29, 1.82) is 0 Å². The van der Waals surface area contributed by atoms with Crippen molar-refractivity contribution in [2.24, 2.45) is 0 Å². The summed E-state index contributed by atoms with van der Waals surface area (Å²) in [6, 6.07) is 0. The molecule has 0 saturated carbocycles.